The Labute approximate surface area is 164 Å². The SMILES string of the molecule is CC[N+](C)(CC)CCOC(=O)OCOC(=O)CCC[N+]1(CC)CCCCC1. The minimum absolute atomic E-state index is 0.294. The molecule has 1 heterocycles. The minimum Gasteiger partial charge on any atom is -0.428 e. The number of nitrogens with zero attached hydrogens (tertiary/aromatic N) is 2. The van der Waals surface area contributed by atoms with E-state index in [9.17, 15) is 9.59 Å². The molecule has 1 fully saturated rings. The van der Waals surface area contributed by atoms with Gasteiger partial charge in [-0.3, -0.25) is 4.79 Å². The van der Waals surface area contributed by atoms with Crippen LogP contribution in [0.25, 0.3) is 0 Å². The van der Waals surface area contributed by atoms with Crippen LogP contribution < -0.4 is 0 Å². The summed E-state index contributed by atoms with van der Waals surface area (Å²) in [5, 5.41) is 0. The fraction of sp³-hybridized carbons (Fsp3) is 0.900. The maximum absolute atomic E-state index is 11.8. The first-order chi connectivity index (χ1) is 12.9. The number of hydrogen-bond acceptors (Lipinski definition) is 5. The van der Waals surface area contributed by atoms with Gasteiger partial charge in [0.1, 0.15) is 13.2 Å². The molecular formula is C20H40N2O5+2. The normalized spacial score (nSPS) is 16.6. The van der Waals surface area contributed by atoms with Crippen LogP contribution in [0.5, 0.6) is 0 Å². The molecule has 27 heavy (non-hydrogen) atoms. The van der Waals surface area contributed by atoms with Crippen molar-refractivity contribution in [3.8, 4) is 0 Å². The number of carbonyl (C=O) groups is 2. The van der Waals surface area contributed by atoms with Crippen LogP contribution in [0.15, 0.2) is 0 Å². The van der Waals surface area contributed by atoms with Crippen molar-refractivity contribution >= 4 is 12.1 Å². The zero-order chi connectivity index (χ0) is 20.2. The van der Waals surface area contributed by atoms with Crippen LogP contribution >= 0.6 is 0 Å². The molecule has 0 aliphatic carbocycles. The van der Waals surface area contributed by atoms with Crippen molar-refractivity contribution < 1.29 is 32.8 Å². The van der Waals surface area contributed by atoms with Gasteiger partial charge in [0, 0.05) is 6.42 Å². The second kappa shape index (κ2) is 12.2. The zero-order valence-electron chi connectivity index (χ0n) is 17.8. The highest BCUT2D eigenvalue weighted by molar-refractivity contribution is 5.69. The summed E-state index contributed by atoms with van der Waals surface area (Å²) in [4.78, 5) is 23.4. The van der Waals surface area contributed by atoms with Gasteiger partial charge in [0.25, 0.3) is 0 Å². The van der Waals surface area contributed by atoms with Crippen LogP contribution in [0.4, 0.5) is 4.79 Å². The van der Waals surface area contributed by atoms with E-state index in [-0.39, 0.29) is 12.8 Å². The van der Waals surface area contributed by atoms with Crippen molar-refractivity contribution in [2.45, 2.75) is 52.9 Å². The second-order valence-corrected chi connectivity index (χ2v) is 7.85. The van der Waals surface area contributed by atoms with Gasteiger partial charge in [-0.1, -0.05) is 0 Å². The Kier molecular flexibility index (Phi) is 10.7. The average molecular weight is 389 g/mol. The van der Waals surface area contributed by atoms with E-state index in [4.69, 9.17) is 14.2 Å². The smallest absolute Gasteiger partial charge is 0.428 e. The third kappa shape index (κ3) is 8.93. The number of likely N-dealkylation sites (N-methyl/N-ethyl adjacent to an activating group) is 1. The molecule has 1 aliphatic rings. The molecule has 158 valence electrons. The maximum Gasteiger partial charge on any atom is 0.511 e. The first kappa shape index (κ1) is 23.7. The van der Waals surface area contributed by atoms with Crippen molar-refractivity contribution in [2.24, 2.45) is 0 Å². The molecule has 0 saturated carbocycles. The van der Waals surface area contributed by atoms with Crippen LogP contribution in [-0.2, 0) is 19.0 Å². The first-order valence-corrected chi connectivity index (χ1v) is 10.5. The second-order valence-electron chi connectivity index (χ2n) is 7.85. The van der Waals surface area contributed by atoms with Crippen molar-refractivity contribution in [3.05, 3.63) is 0 Å². The summed E-state index contributed by atoms with van der Waals surface area (Å²) in [6.07, 6.45) is 4.27. The predicted molar refractivity (Wildman–Crippen MR) is 104 cm³/mol. The van der Waals surface area contributed by atoms with E-state index < -0.39 is 6.16 Å². The standard InChI is InChI=1S/C20H40N2O5/c1-5-21(4,6-2)16-17-25-20(24)27-18-26-19(23)12-11-15-22(7-3)13-9-8-10-14-22/h5-18H2,1-4H3/q+2. The molecule has 0 bridgehead atoms. The summed E-state index contributed by atoms with van der Waals surface area (Å²) in [5.74, 6) is -0.324. The van der Waals surface area contributed by atoms with E-state index in [0.717, 1.165) is 48.1 Å². The lowest BCUT2D eigenvalue weighted by Crippen LogP contribution is -2.51. The summed E-state index contributed by atoms with van der Waals surface area (Å²) >= 11 is 0. The van der Waals surface area contributed by atoms with Gasteiger partial charge in [-0.15, -0.1) is 0 Å². The summed E-state index contributed by atoms with van der Waals surface area (Å²) < 4.78 is 16.8. The number of rotatable bonds is 12. The number of ether oxygens (including phenoxy) is 3. The molecule has 7 heteroatoms. The Balaban J connectivity index is 2.11. The van der Waals surface area contributed by atoms with Crippen LogP contribution in [0.3, 0.4) is 0 Å². The van der Waals surface area contributed by atoms with Crippen LogP contribution in [0, 0.1) is 0 Å². The third-order valence-electron chi connectivity index (χ3n) is 6.22. The van der Waals surface area contributed by atoms with Gasteiger partial charge in [-0.25, -0.2) is 4.79 Å². The largest absolute Gasteiger partial charge is 0.511 e. The Morgan fingerprint density at radius 3 is 2.22 bits per heavy atom. The summed E-state index contributed by atoms with van der Waals surface area (Å²) in [6, 6.07) is 0. The zero-order valence-corrected chi connectivity index (χ0v) is 17.8. The number of hydrogen-bond donors (Lipinski definition) is 0. The van der Waals surface area contributed by atoms with Crippen LogP contribution in [0.1, 0.15) is 52.9 Å². The predicted octanol–water partition coefficient (Wildman–Crippen LogP) is 2.93. The topological polar surface area (TPSA) is 61.8 Å². The van der Waals surface area contributed by atoms with Crippen LogP contribution in [-0.4, -0.2) is 87.4 Å². The molecule has 1 rings (SSSR count). The lowest BCUT2D eigenvalue weighted by atomic mass is 10.1. The van der Waals surface area contributed by atoms with Crippen molar-refractivity contribution in [1.29, 1.82) is 0 Å². The Morgan fingerprint density at radius 1 is 0.963 bits per heavy atom. The quantitative estimate of drug-likeness (QED) is 0.292. The van der Waals surface area contributed by atoms with Gasteiger partial charge in [-0.05, 0) is 40.0 Å². The number of carbonyl (C=O) groups excluding carboxylic acids is 2. The van der Waals surface area contributed by atoms with Crippen LogP contribution in [0.2, 0.25) is 0 Å². The summed E-state index contributed by atoms with van der Waals surface area (Å²) in [7, 11) is 2.12. The Hall–Kier alpha value is -1.34. The fourth-order valence-corrected chi connectivity index (χ4v) is 3.59. The maximum atomic E-state index is 11.8. The van der Waals surface area contributed by atoms with Gasteiger partial charge in [0.2, 0.25) is 6.79 Å². The first-order valence-electron chi connectivity index (χ1n) is 10.5. The molecule has 0 atom stereocenters. The monoisotopic (exact) mass is 388 g/mol. The summed E-state index contributed by atoms with van der Waals surface area (Å²) in [6.45, 7) is 13.6. The highest BCUT2D eigenvalue weighted by Gasteiger charge is 2.27. The van der Waals surface area contributed by atoms with Gasteiger partial charge in [0.15, 0.2) is 0 Å². The molecule has 7 nitrogen and oxygen atoms in total. The molecule has 1 aliphatic heterocycles. The van der Waals surface area contributed by atoms with E-state index in [0.29, 0.717) is 13.0 Å². The van der Waals surface area contributed by atoms with Gasteiger partial charge in [-0.2, -0.15) is 0 Å². The van der Waals surface area contributed by atoms with Crippen molar-refractivity contribution in [3.63, 3.8) is 0 Å². The molecule has 0 radical (unpaired) electrons. The molecule has 0 aromatic carbocycles. The van der Waals surface area contributed by atoms with Gasteiger partial charge < -0.3 is 23.2 Å². The Bertz CT molecular complexity index is 446. The third-order valence-corrected chi connectivity index (χ3v) is 6.22. The molecular weight excluding hydrogens is 348 g/mol. The molecule has 0 aromatic rings. The number of esters is 1. The summed E-state index contributed by atoms with van der Waals surface area (Å²) in [5.41, 5.74) is 0. The van der Waals surface area contributed by atoms with E-state index in [2.05, 4.69) is 27.8 Å². The molecule has 0 aromatic heterocycles. The van der Waals surface area contributed by atoms with Crippen molar-refractivity contribution in [1.82, 2.24) is 0 Å². The lowest BCUT2D eigenvalue weighted by molar-refractivity contribution is -0.931. The minimum atomic E-state index is -0.787. The highest BCUT2D eigenvalue weighted by atomic mass is 16.8. The Morgan fingerprint density at radius 2 is 1.63 bits per heavy atom. The van der Waals surface area contributed by atoms with E-state index >= 15 is 0 Å². The lowest BCUT2D eigenvalue weighted by Gasteiger charge is -2.40. The van der Waals surface area contributed by atoms with Crippen molar-refractivity contribution in [2.75, 3.05) is 66.3 Å². The highest BCUT2D eigenvalue weighted by Crippen LogP contribution is 2.19. The number of likely N-dealkylation sites (tertiary alicyclic amines) is 1. The molecule has 0 spiro atoms. The van der Waals surface area contributed by atoms with Gasteiger partial charge >= 0.3 is 12.1 Å². The number of quaternary nitrogens is 2. The molecule has 1 saturated heterocycles. The van der Waals surface area contributed by atoms with E-state index in [1.807, 2.05) is 0 Å². The number of piperidine rings is 1. The van der Waals surface area contributed by atoms with E-state index in [1.54, 1.807) is 0 Å². The fourth-order valence-electron chi connectivity index (χ4n) is 3.59. The average Bonchev–Trinajstić information content (AvgIpc) is 2.68. The molecule has 0 N–H and O–H groups in total. The van der Waals surface area contributed by atoms with E-state index in [1.165, 1.54) is 32.4 Å². The molecule has 0 unspecified atom stereocenters. The van der Waals surface area contributed by atoms with Gasteiger partial charge in [0.05, 0.1) is 52.7 Å². The molecule has 0 amide bonds.